The highest BCUT2D eigenvalue weighted by Crippen LogP contribution is 2.30. The quantitative estimate of drug-likeness (QED) is 0.0784. The fourth-order valence-electron chi connectivity index (χ4n) is 3.48. The van der Waals surface area contributed by atoms with E-state index >= 15 is 0 Å². The fraction of sp³-hybridized carbons (Fsp3) is 0.154. The van der Waals surface area contributed by atoms with Gasteiger partial charge in [-0.15, -0.1) is 10.2 Å². The monoisotopic (exact) mass is 724 g/mol. The third-order valence-corrected chi connectivity index (χ3v) is 7.96. The van der Waals surface area contributed by atoms with Crippen molar-refractivity contribution in [3.05, 3.63) is 90.7 Å². The number of benzene rings is 3. The molecule has 38 heavy (non-hydrogen) atoms. The highest BCUT2D eigenvalue weighted by atomic mass is 127. The Morgan fingerprint density at radius 3 is 2.74 bits per heavy atom. The number of rotatable bonds is 9. The number of carbonyl (C=O) groups excluding carboxylic acids is 1. The van der Waals surface area contributed by atoms with Gasteiger partial charge in [0.2, 0.25) is 0 Å². The number of phenols is 1. The molecule has 1 heterocycles. The lowest BCUT2D eigenvalue weighted by molar-refractivity contribution is -0.120. The summed E-state index contributed by atoms with van der Waals surface area (Å²) >= 11 is 12.8. The average Bonchev–Trinajstić information content (AvgIpc) is 3.28. The number of aromatic hydroxyl groups is 1. The zero-order valence-electron chi connectivity index (χ0n) is 20.3. The molecule has 1 amide bonds. The lowest BCUT2D eigenvalue weighted by Crippen LogP contribution is -2.27. The van der Waals surface area contributed by atoms with Gasteiger partial charge in [0.05, 0.1) is 22.5 Å². The second kappa shape index (κ2) is 13.0. The van der Waals surface area contributed by atoms with Crippen LogP contribution >= 0.6 is 61.9 Å². The van der Waals surface area contributed by atoms with E-state index in [1.165, 1.54) is 21.5 Å². The van der Waals surface area contributed by atoms with Crippen LogP contribution in [0.5, 0.6) is 5.75 Å². The largest absolute Gasteiger partial charge is 0.506 e. The van der Waals surface area contributed by atoms with Crippen LogP contribution in [-0.2, 0) is 11.3 Å². The molecule has 0 radical (unpaired) electrons. The van der Waals surface area contributed by atoms with Gasteiger partial charge in [0.15, 0.2) is 11.0 Å². The normalized spacial score (nSPS) is 12.0. The zero-order valence-corrected chi connectivity index (χ0v) is 25.6. The minimum absolute atomic E-state index is 0.0210. The van der Waals surface area contributed by atoms with Crippen molar-refractivity contribution in [1.29, 1.82) is 0 Å². The van der Waals surface area contributed by atoms with Crippen molar-refractivity contribution in [3.63, 3.8) is 0 Å². The van der Waals surface area contributed by atoms with Crippen LogP contribution in [0.15, 0.2) is 75.4 Å². The molecule has 12 heteroatoms. The third kappa shape index (κ3) is 7.07. The Morgan fingerprint density at radius 1 is 1.24 bits per heavy atom. The zero-order chi connectivity index (χ0) is 27.2. The number of carbonyl (C=O) groups is 1. The summed E-state index contributed by atoms with van der Waals surface area (Å²) < 4.78 is 3.55. The molecule has 0 bridgehead atoms. The smallest absolute Gasteiger partial charge is 0.253 e. The van der Waals surface area contributed by atoms with Crippen LogP contribution in [0.3, 0.4) is 0 Å². The molecule has 0 saturated carbocycles. The number of phenolic OH excluding ortho intramolecular Hbond substituents is 1. The van der Waals surface area contributed by atoms with Gasteiger partial charge in [0, 0.05) is 25.5 Å². The molecule has 0 aliphatic carbocycles. The number of hydrogen-bond acceptors (Lipinski definition) is 7. The minimum atomic E-state index is -0.530. The number of nitrogens with one attached hydrogen (secondary N) is 2. The number of anilines is 1. The Bertz CT molecular complexity index is 1480. The maximum absolute atomic E-state index is 12.8. The van der Waals surface area contributed by atoms with E-state index in [1.54, 1.807) is 19.1 Å². The van der Waals surface area contributed by atoms with Gasteiger partial charge in [-0.1, -0.05) is 41.6 Å². The van der Waals surface area contributed by atoms with Crippen molar-refractivity contribution in [3.8, 4) is 11.4 Å². The van der Waals surface area contributed by atoms with Gasteiger partial charge in [-0.05, 0) is 100 Å². The van der Waals surface area contributed by atoms with E-state index in [0.29, 0.717) is 32.6 Å². The number of amides is 1. The van der Waals surface area contributed by atoms with Crippen molar-refractivity contribution in [2.75, 3.05) is 5.32 Å². The van der Waals surface area contributed by atoms with Gasteiger partial charge in [-0.3, -0.25) is 9.36 Å². The molecule has 3 aromatic carbocycles. The minimum Gasteiger partial charge on any atom is -0.506 e. The second-order valence-electron chi connectivity index (χ2n) is 8.20. The summed E-state index contributed by atoms with van der Waals surface area (Å²) in [6, 6.07) is 19.1. The SMILES string of the molecule is Cc1cc(I)ccc1NCc1nnc(S[C@H](C)C(=O)N/N=C\c2cc(Cl)cc(Br)c2O)n1-c1ccccc1. The van der Waals surface area contributed by atoms with E-state index < -0.39 is 5.25 Å². The van der Waals surface area contributed by atoms with Crippen molar-refractivity contribution < 1.29 is 9.90 Å². The molecular formula is C26H23BrClIN6O2S. The number of aryl methyl sites for hydroxylation is 1. The standard InChI is InChI=1S/C26H23BrClIN6O2S/c1-15-10-19(29)8-9-22(15)30-14-23-32-34-26(35(23)20-6-4-3-5-7-20)38-16(2)25(37)33-31-13-17-11-18(28)12-21(27)24(17)36/h3-13,16,30,36H,14H2,1-2H3,(H,33,37)/b31-13-/t16-/m1/s1. The molecule has 4 aromatic rings. The summed E-state index contributed by atoms with van der Waals surface area (Å²) in [5.74, 6) is 0.361. The summed E-state index contributed by atoms with van der Waals surface area (Å²) in [6.45, 7) is 4.27. The summed E-state index contributed by atoms with van der Waals surface area (Å²) in [5, 5.41) is 26.8. The summed E-state index contributed by atoms with van der Waals surface area (Å²) in [7, 11) is 0. The molecule has 8 nitrogen and oxygen atoms in total. The van der Waals surface area contributed by atoms with Crippen LogP contribution in [0.25, 0.3) is 5.69 Å². The van der Waals surface area contributed by atoms with Gasteiger partial charge in [0.1, 0.15) is 5.75 Å². The Labute approximate surface area is 251 Å². The molecule has 0 saturated heterocycles. The highest BCUT2D eigenvalue weighted by molar-refractivity contribution is 14.1. The molecule has 0 fully saturated rings. The first kappa shape index (κ1) is 28.4. The Hall–Kier alpha value is -2.61. The van der Waals surface area contributed by atoms with Crippen molar-refractivity contribution in [1.82, 2.24) is 20.2 Å². The van der Waals surface area contributed by atoms with E-state index in [-0.39, 0.29) is 11.7 Å². The van der Waals surface area contributed by atoms with E-state index in [1.807, 2.05) is 41.0 Å². The molecule has 1 aromatic heterocycles. The first-order chi connectivity index (χ1) is 18.2. The molecule has 4 rings (SSSR count). The van der Waals surface area contributed by atoms with E-state index in [9.17, 15) is 9.90 Å². The van der Waals surface area contributed by atoms with Crippen LogP contribution in [0.1, 0.15) is 23.9 Å². The predicted octanol–water partition coefficient (Wildman–Crippen LogP) is 6.54. The number of hydrogen-bond donors (Lipinski definition) is 3. The van der Waals surface area contributed by atoms with Gasteiger partial charge in [-0.25, -0.2) is 5.43 Å². The van der Waals surface area contributed by atoms with Gasteiger partial charge < -0.3 is 10.4 Å². The Balaban J connectivity index is 1.49. The molecule has 1 atom stereocenters. The highest BCUT2D eigenvalue weighted by Gasteiger charge is 2.21. The first-order valence-electron chi connectivity index (χ1n) is 11.4. The number of para-hydroxylation sites is 1. The predicted molar refractivity (Wildman–Crippen MR) is 164 cm³/mol. The maximum Gasteiger partial charge on any atom is 0.253 e. The van der Waals surface area contributed by atoms with Crippen molar-refractivity contribution in [2.45, 2.75) is 30.8 Å². The van der Waals surface area contributed by atoms with Gasteiger partial charge in [-0.2, -0.15) is 5.10 Å². The van der Waals surface area contributed by atoms with E-state index in [4.69, 9.17) is 11.6 Å². The average molecular weight is 726 g/mol. The Kier molecular flexibility index (Phi) is 9.69. The second-order valence-corrected chi connectivity index (χ2v) is 12.0. The lowest BCUT2D eigenvalue weighted by Gasteiger charge is -2.14. The molecule has 196 valence electrons. The van der Waals surface area contributed by atoms with Crippen molar-refractivity contribution >= 4 is 79.7 Å². The summed E-state index contributed by atoms with van der Waals surface area (Å²) in [6.07, 6.45) is 1.34. The molecule has 0 unspecified atom stereocenters. The first-order valence-corrected chi connectivity index (χ1v) is 14.5. The van der Waals surface area contributed by atoms with Crippen molar-refractivity contribution in [2.24, 2.45) is 5.10 Å². The van der Waals surface area contributed by atoms with Crippen LogP contribution in [0.2, 0.25) is 5.02 Å². The molecule has 3 N–H and O–H groups in total. The van der Waals surface area contributed by atoms with E-state index in [2.05, 4.69) is 83.6 Å². The number of aromatic nitrogens is 3. The topological polar surface area (TPSA) is 104 Å². The summed E-state index contributed by atoms with van der Waals surface area (Å²) in [4.78, 5) is 12.8. The third-order valence-electron chi connectivity index (χ3n) is 5.43. The van der Waals surface area contributed by atoms with Crippen LogP contribution in [0.4, 0.5) is 5.69 Å². The molecular weight excluding hydrogens is 703 g/mol. The van der Waals surface area contributed by atoms with Crippen LogP contribution in [-0.4, -0.2) is 37.2 Å². The van der Waals surface area contributed by atoms with E-state index in [0.717, 1.165) is 16.9 Å². The Morgan fingerprint density at radius 2 is 2.00 bits per heavy atom. The number of nitrogens with zero attached hydrogens (tertiary/aromatic N) is 4. The molecule has 0 aliphatic rings. The molecule has 0 aliphatic heterocycles. The maximum atomic E-state index is 12.8. The van der Waals surface area contributed by atoms with Crippen LogP contribution in [0, 0.1) is 10.5 Å². The van der Waals surface area contributed by atoms with Gasteiger partial charge in [0.25, 0.3) is 5.91 Å². The number of hydrazone groups is 1. The number of halogens is 3. The fourth-order valence-corrected chi connectivity index (χ4v) is 5.84. The summed E-state index contributed by atoms with van der Waals surface area (Å²) in [5.41, 5.74) is 5.93. The lowest BCUT2D eigenvalue weighted by atomic mass is 10.2. The molecule has 0 spiro atoms. The number of thioether (sulfide) groups is 1. The van der Waals surface area contributed by atoms with Gasteiger partial charge >= 0.3 is 0 Å². The van der Waals surface area contributed by atoms with Crippen LogP contribution < -0.4 is 10.7 Å².